The van der Waals surface area contributed by atoms with E-state index in [-0.39, 0.29) is 11.8 Å². The summed E-state index contributed by atoms with van der Waals surface area (Å²) in [6, 6.07) is -0.757. The van der Waals surface area contributed by atoms with E-state index >= 15 is 0 Å². The summed E-state index contributed by atoms with van der Waals surface area (Å²) < 4.78 is 0.871. The maximum atomic E-state index is 11.5. The van der Waals surface area contributed by atoms with Crippen LogP contribution < -0.4 is 5.32 Å². The summed E-state index contributed by atoms with van der Waals surface area (Å²) in [4.78, 5) is 22.5. The fourth-order valence-electron chi connectivity index (χ4n) is 1.53. The van der Waals surface area contributed by atoms with Gasteiger partial charge in [-0.3, -0.25) is 4.79 Å². The first-order valence-electron chi connectivity index (χ1n) is 6.47. The number of carbonyl (C=O) groups is 2. The summed E-state index contributed by atoms with van der Waals surface area (Å²) in [5.74, 6) is -1.33. The van der Waals surface area contributed by atoms with E-state index in [2.05, 4.69) is 26.5 Å². The number of amides is 1. The van der Waals surface area contributed by atoms with Gasteiger partial charge in [-0.25, -0.2) is 4.79 Å². The van der Waals surface area contributed by atoms with Crippen LogP contribution in [0, 0.1) is 5.92 Å². The molecule has 0 bridgehead atoms. The third-order valence-electron chi connectivity index (χ3n) is 2.71. The van der Waals surface area contributed by atoms with Gasteiger partial charge in [-0.05, 0) is 19.3 Å². The summed E-state index contributed by atoms with van der Waals surface area (Å²) in [7, 11) is 6.32. The van der Waals surface area contributed by atoms with Gasteiger partial charge in [0.15, 0.2) is 0 Å². The molecule has 1 amide bonds. The van der Waals surface area contributed by atoms with E-state index in [1.807, 2.05) is 0 Å². The van der Waals surface area contributed by atoms with Gasteiger partial charge in [-0.1, -0.05) is 13.8 Å². The first-order chi connectivity index (χ1) is 8.13. The quantitative estimate of drug-likeness (QED) is 0.506. The molecule has 0 fully saturated rings. The van der Waals surface area contributed by atoms with Crippen molar-refractivity contribution in [2.75, 3.05) is 27.7 Å². The van der Waals surface area contributed by atoms with Crippen molar-refractivity contribution in [1.29, 1.82) is 0 Å². The van der Waals surface area contributed by atoms with E-state index in [1.165, 1.54) is 0 Å². The molecule has 0 saturated carbocycles. The third-order valence-corrected chi connectivity index (χ3v) is 2.71. The second-order valence-electron chi connectivity index (χ2n) is 6.06. The van der Waals surface area contributed by atoms with E-state index in [0.29, 0.717) is 6.42 Å². The second-order valence-corrected chi connectivity index (χ2v) is 6.06. The molecule has 0 aromatic carbocycles. The zero-order valence-electron chi connectivity index (χ0n) is 12.2. The summed E-state index contributed by atoms with van der Waals surface area (Å²) in [5.41, 5.74) is 0. The van der Waals surface area contributed by atoms with Crippen molar-refractivity contribution in [1.82, 2.24) is 5.32 Å². The molecule has 0 spiro atoms. The Hall–Kier alpha value is -1.10. The number of unbranched alkanes of at least 4 members (excludes halogenated alkanes) is 1. The normalized spacial score (nSPS) is 13.4. The Morgan fingerprint density at radius 3 is 2.11 bits per heavy atom. The van der Waals surface area contributed by atoms with Crippen LogP contribution in [0.4, 0.5) is 0 Å². The molecule has 0 unspecified atom stereocenters. The fraction of sp³-hybridized carbons (Fsp3) is 0.846. The Labute approximate surface area is 110 Å². The van der Waals surface area contributed by atoms with Gasteiger partial charge in [0, 0.05) is 5.92 Å². The first kappa shape index (κ1) is 16.9. The van der Waals surface area contributed by atoms with E-state index in [9.17, 15) is 9.59 Å². The maximum Gasteiger partial charge on any atom is 0.326 e. The zero-order valence-corrected chi connectivity index (χ0v) is 12.2. The number of nitrogens with zero attached hydrogens (tertiary/aromatic N) is 1. The lowest BCUT2D eigenvalue weighted by atomic mass is 10.1. The highest BCUT2D eigenvalue weighted by Gasteiger charge is 2.21. The average Bonchev–Trinajstić information content (AvgIpc) is 2.20. The van der Waals surface area contributed by atoms with Gasteiger partial charge in [-0.2, -0.15) is 0 Å². The van der Waals surface area contributed by atoms with E-state index in [0.717, 1.165) is 23.9 Å². The van der Waals surface area contributed by atoms with Crippen molar-refractivity contribution in [2.24, 2.45) is 5.92 Å². The van der Waals surface area contributed by atoms with Crippen LogP contribution in [-0.2, 0) is 9.59 Å². The Morgan fingerprint density at radius 1 is 1.17 bits per heavy atom. The average molecular weight is 259 g/mol. The highest BCUT2D eigenvalue weighted by molar-refractivity contribution is 5.84. The predicted octanol–water partition coefficient (Wildman–Crippen LogP) is 1.09. The molecule has 0 radical (unpaired) electrons. The highest BCUT2D eigenvalue weighted by Crippen LogP contribution is 2.05. The minimum absolute atomic E-state index is 0.182. The van der Waals surface area contributed by atoms with Crippen LogP contribution in [0.25, 0.3) is 0 Å². The molecule has 106 valence electrons. The standard InChI is InChI=1S/C13H26N2O3/c1-10(2)12(16)14-11(13(17)18)8-6-7-9-15(3,4)5/h10-11H,6-9H2,1-5H3,(H-,14,16,17,18)/p+1/t11-/m0/s1. The molecule has 0 saturated heterocycles. The molecule has 0 aromatic heterocycles. The van der Waals surface area contributed by atoms with Crippen molar-refractivity contribution < 1.29 is 19.2 Å². The van der Waals surface area contributed by atoms with Gasteiger partial charge in [0.1, 0.15) is 6.04 Å². The summed E-state index contributed by atoms with van der Waals surface area (Å²) in [5, 5.41) is 11.6. The van der Waals surface area contributed by atoms with Crippen LogP contribution in [0.5, 0.6) is 0 Å². The highest BCUT2D eigenvalue weighted by atomic mass is 16.4. The van der Waals surface area contributed by atoms with Gasteiger partial charge in [0.2, 0.25) is 5.91 Å². The molecule has 0 rings (SSSR count). The smallest absolute Gasteiger partial charge is 0.326 e. The number of nitrogens with one attached hydrogen (secondary N) is 1. The molecule has 0 aliphatic rings. The minimum Gasteiger partial charge on any atom is -0.480 e. The minimum atomic E-state index is -0.950. The van der Waals surface area contributed by atoms with Crippen LogP contribution in [0.2, 0.25) is 0 Å². The maximum absolute atomic E-state index is 11.5. The van der Waals surface area contributed by atoms with Crippen molar-refractivity contribution in [3.63, 3.8) is 0 Å². The lowest BCUT2D eigenvalue weighted by Gasteiger charge is -2.24. The fourth-order valence-corrected chi connectivity index (χ4v) is 1.53. The number of rotatable bonds is 8. The van der Waals surface area contributed by atoms with Crippen LogP contribution >= 0.6 is 0 Å². The molecular formula is C13H27N2O3+. The second kappa shape index (κ2) is 7.36. The molecule has 2 N–H and O–H groups in total. The Kier molecular flexibility index (Phi) is 6.91. The number of carbonyl (C=O) groups excluding carboxylic acids is 1. The van der Waals surface area contributed by atoms with E-state index in [1.54, 1.807) is 13.8 Å². The van der Waals surface area contributed by atoms with Crippen LogP contribution in [-0.4, -0.2) is 55.2 Å². The van der Waals surface area contributed by atoms with Crippen molar-refractivity contribution >= 4 is 11.9 Å². The number of aliphatic carboxylic acids is 1. The number of hydrogen-bond acceptors (Lipinski definition) is 2. The molecule has 0 aliphatic carbocycles. The molecule has 1 atom stereocenters. The van der Waals surface area contributed by atoms with Crippen LogP contribution in [0.3, 0.4) is 0 Å². The molecule has 0 aliphatic heterocycles. The SMILES string of the molecule is CC(C)C(=O)N[C@@H](CCCC[N+](C)(C)C)C(=O)O. The topological polar surface area (TPSA) is 66.4 Å². The summed E-state index contributed by atoms with van der Waals surface area (Å²) >= 11 is 0. The zero-order chi connectivity index (χ0) is 14.3. The molecular weight excluding hydrogens is 232 g/mol. The van der Waals surface area contributed by atoms with Crippen molar-refractivity contribution in [2.45, 2.75) is 39.2 Å². The lowest BCUT2D eigenvalue weighted by molar-refractivity contribution is -0.870. The van der Waals surface area contributed by atoms with Crippen LogP contribution in [0.15, 0.2) is 0 Å². The largest absolute Gasteiger partial charge is 0.480 e. The molecule has 0 heterocycles. The van der Waals surface area contributed by atoms with Gasteiger partial charge in [-0.15, -0.1) is 0 Å². The Balaban J connectivity index is 4.07. The lowest BCUT2D eigenvalue weighted by Crippen LogP contribution is -2.42. The van der Waals surface area contributed by atoms with Gasteiger partial charge >= 0.3 is 5.97 Å². The predicted molar refractivity (Wildman–Crippen MR) is 71.2 cm³/mol. The summed E-state index contributed by atoms with van der Waals surface area (Å²) in [6.07, 6.45) is 2.27. The Bertz CT molecular complexity index is 282. The Morgan fingerprint density at radius 2 is 1.72 bits per heavy atom. The van der Waals surface area contributed by atoms with E-state index < -0.39 is 12.0 Å². The third kappa shape index (κ3) is 8.06. The van der Waals surface area contributed by atoms with Crippen molar-refractivity contribution in [3.05, 3.63) is 0 Å². The molecule has 18 heavy (non-hydrogen) atoms. The van der Waals surface area contributed by atoms with Gasteiger partial charge < -0.3 is 14.9 Å². The van der Waals surface area contributed by atoms with Crippen molar-refractivity contribution in [3.8, 4) is 0 Å². The first-order valence-corrected chi connectivity index (χ1v) is 6.47. The van der Waals surface area contributed by atoms with Crippen LogP contribution in [0.1, 0.15) is 33.1 Å². The number of quaternary nitrogens is 1. The van der Waals surface area contributed by atoms with Gasteiger partial charge in [0.25, 0.3) is 0 Å². The van der Waals surface area contributed by atoms with Gasteiger partial charge in [0.05, 0.1) is 27.7 Å². The van der Waals surface area contributed by atoms with E-state index in [4.69, 9.17) is 5.11 Å². The monoisotopic (exact) mass is 259 g/mol. The number of carboxylic acid groups (broad SMARTS) is 1. The molecule has 5 nitrogen and oxygen atoms in total. The molecule has 5 heteroatoms. The molecule has 0 aromatic rings. The number of carboxylic acids is 1. The summed E-state index contributed by atoms with van der Waals surface area (Å²) in [6.45, 7) is 4.51. The number of hydrogen-bond donors (Lipinski definition) is 2.